The molecule has 0 radical (unpaired) electrons. The maximum atomic E-state index is 12.7. The van der Waals surface area contributed by atoms with Crippen LogP contribution in [0.5, 0.6) is 0 Å². The highest BCUT2D eigenvalue weighted by atomic mass is 16.3. The Balaban J connectivity index is 1.39. The van der Waals surface area contributed by atoms with Crippen molar-refractivity contribution >= 4 is 17.5 Å². The van der Waals surface area contributed by atoms with E-state index >= 15 is 0 Å². The Hall–Kier alpha value is -3.42. The molecule has 1 atom stereocenters. The molecule has 8 heteroatoms. The Morgan fingerprint density at radius 3 is 2.82 bits per heavy atom. The first-order valence-corrected chi connectivity index (χ1v) is 9.22. The molecule has 0 aliphatic carbocycles. The van der Waals surface area contributed by atoms with E-state index in [-0.39, 0.29) is 17.7 Å². The number of rotatable bonds is 4. The Morgan fingerprint density at radius 2 is 2.14 bits per heavy atom. The number of likely N-dealkylation sites (tertiary alicyclic amines) is 1. The summed E-state index contributed by atoms with van der Waals surface area (Å²) in [5.74, 6) is 1.34. The fraction of sp³-hybridized carbons (Fsp3) is 0.300. The molecule has 1 aliphatic rings. The topological polar surface area (TPSA) is 93.3 Å². The van der Waals surface area contributed by atoms with Crippen LogP contribution >= 0.6 is 0 Å². The lowest BCUT2D eigenvalue weighted by Gasteiger charge is -2.31. The molecular weight excluding hydrogens is 358 g/mol. The van der Waals surface area contributed by atoms with Gasteiger partial charge in [0.2, 0.25) is 5.91 Å². The van der Waals surface area contributed by atoms with Crippen molar-refractivity contribution in [3.63, 3.8) is 0 Å². The predicted molar refractivity (Wildman–Crippen MR) is 102 cm³/mol. The van der Waals surface area contributed by atoms with Gasteiger partial charge >= 0.3 is 0 Å². The minimum atomic E-state index is -0.261. The number of aromatic nitrogens is 3. The summed E-state index contributed by atoms with van der Waals surface area (Å²) in [7, 11) is 0. The van der Waals surface area contributed by atoms with Gasteiger partial charge in [-0.15, -0.1) is 0 Å². The second kappa shape index (κ2) is 7.67. The SMILES string of the molecule is Cc1nccn1-c1ccc(NC(=O)C2CCCN(C(=O)c3ccco3)C2)cn1. The summed E-state index contributed by atoms with van der Waals surface area (Å²) in [5, 5.41) is 2.91. The van der Waals surface area contributed by atoms with E-state index in [1.54, 1.807) is 29.4 Å². The summed E-state index contributed by atoms with van der Waals surface area (Å²) in [6.45, 7) is 2.91. The summed E-state index contributed by atoms with van der Waals surface area (Å²) >= 11 is 0. The van der Waals surface area contributed by atoms with Crippen molar-refractivity contribution in [1.29, 1.82) is 0 Å². The number of pyridine rings is 1. The van der Waals surface area contributed by atoms with Crippen molar-refractivity contribution in [2.24, 2.45) is 5.92 Å². The van der Waals surface area contributed by atoms with Crippen LogP contribution in [-0.4, -0.2) is 44.3 Å². The van der Waals surface area contributed by atoms with Crippen molar-refractivity contribution < 1.29 is 14.0 Å². The fourth-order valence-electron chi connectivity index (χ4n) is 3.40. The van der Waals surface area contributed by atoms with Crippen LogP contribution in [0.2, 0.25) is 0 Å². The average Bonchev–Trinajstić information content (AvgIpc) is 3.40. The zero-order valence-electron chi connectivity index (χ0n) is 15.5. The zero-order valence-corrected chi connectivity index (χ0v) is 15.5. The lowest BCUT2D eigenvalue weighted by Crippen LogP contribution is -2.43. The van der Waals surface area contributed by atoms with E-state index in [1.807, 2.05) is 29.8 Å². The number of carbonyl (C=O) groups excluding carboxylic acids is 2. The molecule has 0 spiro atoms. The van der Waals surface area contributed by atoms with Crippen molar-refractivity contribution in [3.05, 3.63) is 60.7 Å². The van der Waals surface area contributed by atoms with Crippen molar-refractivity contribution in [2.45, 2.75) is 19.8 Å². The van der Waals surface area contributed by atoms with Gasteiger partial charge in [-0.25, -0.2) is 9.97 Å². The van der Waals surface area contributed by atoms with Gasteiger partial charge in [0.1, 0.15) is 11.6 Å². The van der Waals surface area contributed by atoms with Crippen LogP contribution in [0.25, 0.3) is 5.82 Å². The van der Waals surface area contributed by atoms with E-state index in [1.165, 1.54) is 6.26 Å². The van der Waals surface area contributed by atoms with Gasteiger partial charge in [-0.2, -0.15) is 0 Å². The third-order valence-corrected chi connectivity index (χ3v) is 4.90. The summed E-state index contributed by atoms with van der Waals surface area (Å²) in [5.41, 5.74) is 0.626. The molecule has 0 aromatic carbocycles. The number of nitrogens with one attached hydrogen (secondary N) is 1. The molecule has 1 unspecified atom stereocenters. The van der Waals surface area contributed by atoms with Crippen molar-refractivity contribution in [2.75, 3.05) is 18.4 Å². The highest BCUT2D eigenvalue weighted by Gasteiger charge is 2.30. The maximum absolute atomic E-state index is 12.7. The average molecular weight is 379 g/mol. The zero-order chi connectivity index (χ0) is 19.5. The smallest absolute Gasteiger partial charge is 0.289 e. The van der Waals surface area contributed by atoms with Gasteiger partial charge in [0.05, 0.1) is 24.1 Å². The van der Waals surface area contributed by atoms with Gasteiger partial charge in [-0.1, -0.05) is 0 Å². The van der Waals surface area contributed by atoms with E-state index in [2.05, 4.69) is 15.3 Å². The van der Waals surface area contributed by atoms with Crippen LogP contribution in [0.3, 0.4) is 0 Å². The lowest BCUT2D eigenvalue weighted by atomic mass is 9.97. The highest BCUT2D eigenvalue weighted by molar-refractivity contribution is 5.94. The summed E-state index contributed by atoms with van der Waals surface area (Å²) in [4.78, 5) is 35.4. The molecule has 1 saturated heterocycles. The Kier molecular flexibility index (Phi) is 4.92. The standard InChI is InChI=1S/C20H21N5O3/c1-14-21-8-10-25(14)18-7-6-16(12-22-18)23-19(26)15-4-2-9-24(13-15)20(27)17-5-3-11-28-17/h3,5-8,10-12,15H,2,4,9,13H2,1H3,(H,23,26). The Labute approximate surface area is 162 Å². The number of piperidine rings is 1. The first-order chi connectivity index (χ1) is 13.6. The molecule has 1 fully saturated rings. The number of nitrogens with zero attached hydrogens (tertiary/aromatic N) is 4. The van der Waals surface area contributed by atoms with Gasteiger partial charge in [0.15, 0.2) is 5.76 Å². The molecule has 3 aromatic rings. The first-order valence-electron chi connectivity index (χ1n) is 9.22. The maximum Gasteiger partial charge on any atom is 0.289 e. The molecule has 4 rings (SSSR count). The van der Waals surface area contributed by atoms with Crippen LogP contribution in [0, 0.1) is 12.8 Å². The molecule has 1 N–H and O–H groups in total. The Bertz CT molecular complexity index is 962. The quantitative estimate of drug-likeness (QED) is 0.752. The largest absolute Gasteiger partial charge is 0.459 e. The van der Waals surface area contributed by atoms with Crippen LogP contribution < -0.4 is 5.32 Å². The highest BCUT2D eigenvalue weighted by Crippen LogP contribution is 2.21. The number of carbonyl (C=O) groups is 2. The number of aryl methyl sites for hydroxylation is 1. The molecule has 3 aromatic heterocycles. The second-order valence-corrected chi connectivity index (χ2v) is 6.81. The number of anilines is 1. The minimum Gasteiger partial charge on any atom is -0.459 e. The number of imidazole rings is 1. The van der Waals surface area contributed by atoms with Crippen LogP contribution in [0.4, 0.5) is 5.69 Å². The number of hydrogen-bond donors (Lipinski definition) is 1. The summed E-state index contributed by atoms with van der Waals surface area (Å²) < 4.78 is 7.05. The number of hydrogen-bond acceptors (Lipinski definition) is 5. The van der Waals surface area contributed by atoms with E-state index in [0.29, 0.717) is 24.5 Å². The van der Waals surface area contributed by atoms with E-state index in [0.717, 1.165) is 24.5 Å². The molecule has 2 amide bonds. The third-order valence-electron chi connectivity index (χ3n) is 4.90. The Morgan fingerprint density at radius 1 is 1.25 bits per heavy atom. The molecular formula is C20H21N5O3. The number of amides is 2. The molecule has 0 bridgehead atoms. The summed E-state index contributed by atoms with van der Waals surface area (Å²) in [6.07, 6.45) is 8.17. The predicted octanol–water partition coefficient (Wildman–Crippen LogP) is 2.66. The molecule has 8 nitrogen and oxygen atoms in total. The van der Waals surface area contributed by atoms with Gasteiger partial charge in [0, 0.05) is 25.5 Å². The summed E-state index contributed by atoms with van der Waals surface area (Å²) in [6, 6.07) is 6.97. The van der Waals surface area contributed by atoms with Crippen LogP contribution in [0.1, 0.15) is 29.2 Å². The molecule has 4 heterocycles. The van der Waals surface area contributed by atoms with Crippen molar-refractivity contribution in [3.8, 4) is 5.82 Å². The normalized spacial score (nSPS) is 16.8. The van der Waals surface area contributed by atoms with E-state index < -0.39 is 0 Å². The minimum absolute atomic E-state index is 0.106. The third kappa shape index (κ3) is 3.66. The van der Waals surface area contributed by atoms with Crippen molar-refractivity contribution in [1.82, 2.24) is 19.4 Å². The lowest BCUT2D eigenvalue weighted by molar-refractivity contribution is -0.121. The van der Waals surface area contributed by atoms with Crippen LogP contribution in [-0.2, 0) is 4.79 Å². The van der Waals surface area contributed by atoms with Gasteiger partial charge in [-0.05, 0) is 44.0 Å². The molecule has 0 saturated carbocycles. The van der Waals surface area contributed by atoms with Gasteiger partial charge < -0.3 is 14.6 Å². The molecule has 28 heavy (non-hydrogen) atoms. The fourth-order valence-corrected chi connectivity index (χ4v) is 3.40. The van der Waals surface area contributed by atoms with E-state index in [9.17, 15) is 9.59 Å². The van der Waals surface area contributed by atoms with Gasteiger partial charge in [0.25, 0.3) is 5.91 Å². The molecule has 144 valence electrons. The second-order valence-electron chi connectivity index (χ2n) is 6.81. The van der Waals surface area contributed by atoms with Crippen LogP contribution in [0.15, 0.2) is 53.5 Å². The first kappa shape index (κ1) is 18.0. The monoisotopic (exact) mass is 379 g/mol. The van der Waals surface area contributed by atoms with E-state index in [4.69, 9.17) is 4.42 Å². The van der Waals surface area contributed by atoms with Gasteiger partial charge in [-0.3, -0.25) is 14.2 Å². The molecule has 1 aliphatic heterocycles. The number of furan rings is 1.